The summed E-state index contributed by atoms with van der Waals surface area (Å²) in [6.45, 7) is 4.81. The van der Waals surface area contributed by atoms with E-state index in [0.717, 1.165) is 32.8 Å². The lowest BCUT2D eigenvalue weighted by molar-refractivity contribution is -0.126. The number of nitrogens with one attached hydrogen (secondary N) is 2. The highest BCUT2D eigenvalue weighted by Crippen LogP contribution is 2.37. The quantitative estimate of drug-likeness (QED) is 0.602. The fourth-order valence-corrected chi connectivity index (χ4v) is 6.07. The lowest BCUT2D eigenvalue weighted by atomic mass is 9.97. The molecule has 2 saturated heterocycles. The van der Waals surface area contributed by atoms with E-state index in [2.05, 4.69) is 15.5 Å². The Morgan fingerprint density at radius 1 is 1.19 bits per heavy atom. The van der Waals surface area contributed by atoms with E-state index in [0.29, 0.717) is 25.1 Å². The first kappa shape index (κ1) is 23.2. The molecular formula is C20H27ClN4O6S. The molecule has 1 aromatic carbocycles. The predicted molar refractivity (Wildman–Crippen MR) is 117 cm³/mol. The molecule has 3 heterocycles. The van der Waals surface area contributed by atoms with Crippen molar-refractivity contribution in [1.29, 1.82) is 0 Å². The second-order valence-electron chi connectivity index (χ2n) is 8.04. The van der Waals surface area contributed by atoms with Crippen molar-refractivity contribution in [2.45, 2.75) is 17.7 Å². The van der Waals surface area contributed by atoms with Crippen molar-refractivity contribution in [3.63, 3.8) is 0 Å². The number of hydrogen-bond donors (Lipinski definition) is 2. The number of hydrogen-bond acceptors (Lipinski definition) is 7. The van der Waals surface area contributed by atoms with Crippen LogP contribution in [-0.2, 0) is 24.3 Å². The minimum Gasteiger partial charge on any atom is -0.482 e. The topological polar surface area (TPSA) is 117 Å². The fourth-order valence-electron chi connectivity index (χ4n) is 4.08. The number of rotatable bonds is 6. The van der Waals surface area contributed by atoms with Gasteiger partial charge in [0.25, 0.3) is 5.91 Å². The molecule has 4 rings (SSSR count). The first-order valence-corrected chi connectivity index (χ1v) is 12.5. The van der Waals surface area contributed by atoms with Crippen LogP contribution in [0.3, 0.4) is 0 Å². The van der Waals surface area contributed by atoms with Gasteiger partial charge in [0.2, 0.25) is 15.9 Å². The van der Waals surface area contributed by atoms with Gasteiger partial charge < -0.3 is 20.1 Å². The number of anilines is 1. The summed E-state index contributed by atoms with van der Waals surface area (Å²) >= 11 is 6.22. The van der Waals surface area contributed by atoms with Crippen LogP contribution < -0.4 is 15.4 Å². The fraction of sp³-hybridized carbons (Fsp3) is 0.600. The van der Waals surface area contributed by atoms with E-state index in [1.807, 2.05) is 0 Å². The Labute approximate surface area is 192 Å². The number of carbonyl (C=O) groups excluding carboxylic acids is 2. The highest BCUT2D eigenvalue weighted by molar-refractivity contribution is 7.89. The lowest BCUT2D eigenvalue weighted by Crippen LogP contribution is -2.45. The SMILES string of the molecule is O=C1COc2cc(S(=O)(=O)N3CCC(C(=O)NCCN4CCOCC4)CC3)c(Cl)cc2N1. The average molecular weight is 487 g/mol. The molecule has 2 N–H and O–H groups in total. The summed E-state index contributed by atoms with van der Waals surface area (Å²) in [4.78, 5) is 26.1. The molecule has 32 heavy (non-hydrogen) atoms. The maximum absolute atomic E-state index is 13.2. The van der Waals surface area contributed by atoms with Crippen LogP contribution in [0.2, 0.25) is 5.02 Å². The Morgan fingerprint density at radius 2 is 1.91 bits per heavy atom. The van der Waals surface area contributed by atoms with Crippen LogP contribution in [-0.4, -0.2) is 88.5 Å². The first-order chi connectivity index (χ1) is 15.3. The average Bonchev–Trinajstić information content (AvgIpc) is 2.79. The van der Waals surface area contributed by atoms with Crippen LogP contribution in [0, 0.1) is 5.92 Å². The number of piperidine rings is 1. The Bertz CT molecular complexity index is 975. The minimum atomic E-state index is -3.86. The molecular weight excluding hydrogens is 460 g/mol. The number of ether oxygens (including phenoxy) is 2. The summed E-state index contributed by atoms with van der Waals surface area (Å²) in [6.07, 6.45) is 0.884. The van der Waals surface area contributed by atoms with E-state index in [9.17, 15) is 18.0 Å². The molecule has 0 saturated carbocycles. The molecule has 0 spiro atoms. The molecule has 0 bridgehead atoms. The first-order valence-electron chi connectivity index (χ1n) is 10.7. The third-order valence-electron chi connectivity index (χ3n) is 5.94. The van der Waals surface area contributed by atoms with Gasteiger partial charge in [0, 0.05) is 51.3 Å². The molecule has 0 aliphatic carbocycles. The van der Waals surface area contributed by atoms with Crippen LogP contribution in [0.1, 0.15) is 12.8 Å². The lowest BCUT2D eigenvalue weighted by Gasteiger charge is -2.31. The molecule has 2 fully saturated rings. The number of halogens is 1. The zero-order valence-electron chi connectivity index (χ0n) is 17.6. The molecule has 0 unspecified atom stereocenters. The van der Waals surface area contributed by atoms with Crippen LogP contribution in [0.15, 0.2) is 17.0 Å². The summed E-state index contributed by atoms with van der Waals surface area (Å²) in [5.41, 5.74) is 0.345. The third kappa shape index (κ3) is 5.18. The molecule has 0 atom stereocenters. The van der Waals surface area contributed by atoms with Gasteiger partial charge in [-0.3, -0.25) is 14.5 Å². The van der Waals surface area contributed by atoms with Gasteiger partial charge >= 0.3 is 0 Å². The van der Waals surface area contributed by atoms with Gasteiger partial charge in [-0.05, 0) is 18.9 Å². The predicted octanol–water partition coefficient (Wildman–Crippen LogP) is 0.520. The molecule has 0 radical (unpaired) electrons. The Kier molecular flexibility index (Phi) is 7.21. The number of sulfonamides is 1. The molecule has 1 aromatic rings. The number of benzene rings is 1. The van der Waals surface area contributed by atoms with E-state index >= 15 is 0 Å². The molecule has 3 aliphatic heterocycles. The summed E-state index contributed by atoms with van der Waals surface area (Å²) in [5.74, 6) is -0.313. The molecule has 10 nitrogen and oxygen atoms in total. The summed E-state index contributed by atoms with van der Waals surface area (Å²) in [6, 6.07) is 2.73. The summed E-state index contributed by atoms with van der Waals surface area (Å²) in [7, 11) is -3.86. The van der Waals surface area contributed by atoms with Crippen molar-refractivity contribution in [2.24, 2.45) is 5.92 Å². The van der Waals surface area contributed by atoms with Crippen molar-refractivity contribution in [3.8, 4) is 5.75 Å². The van der Waals surface area contributed by atoms with Gasteiger partial charge in [0.1, 0.15) is 10.6 Å². The maximum atomic E-state index is 13.2. The highest BCUT2D eigenvalue weighted by Gasteiger charge is 2.34. The van der Waals surface area contributed by atoms with Crippen LogP contribution in [0.5, 0.6) is 5.75 Å². The Balaban J connectivity index is 1.32. The number of morpholine rings is 1. The number of carbonyl (C=O) groups is 2. The van der Waals surface area contributed by atoms with E-state index in [-0.39, 0.29) is 53.1 Å². The zero-order chi connectivity index (χ0) is 22.7. The second kappa shape index (κ2) is 9.92. The van der Waals surface area contributed by atoms with Crippen molar-refractivity contribution >= 4 is 39.1 Å². The van der Waals surface area contributed by atoms with Crippen LogP contribution in [0.25, 0.3) is 0 Å². The number of fused-ring (bicyclic) bond motifs is 1. The van der Waals surface area contributed by atoms with Crippen molar-refractivity contribution in [3.05, 3.63) is 17.2 Å². The second-order valence-corrected chi connectivity index (χ2v) is 10.4. The minimum absolute atomic E-state index is 0.0116. The molecule has 2 amide bonds. The molecule has 0 aromatic heterocycles. The molecule has 12 heteroatoms. The monoisotopic (exact) mass is 486 g/mol. The van der Waals surface area contributed by atoms with E-state index in [1.165, 1.54) is 16.4 Å². The van der Waals surface area contributed by atoms with Gasteiger partial charge in [-0.25, -0.2) is 8.42 Å². The van der Waals surface area contributed by atoms with Gasteiger partial charge in [-0.1, -0.05) is 11.6 Å². The number of amides is 2. The van der Waals surface area contributed by atoms with Gasteiger partial charge in [0.15, 0.2) is 6.61 Å². The van der Waals surface area contributed by atoms with Gasteiger partial charge in [-0.15, -0.1) is 0 Å². The van der Waals surface area contributed by atoms with Crippen LogP contribution in [0.4, 0.5) is 5.69 Å². The van der Waals surface area contributed by atoms with E-state index < -0.39 is 10.0 Å². The van der Waals surface area contributed by atoms with E-state index in [1.54, 1.807) is 0 Å². The standard InChI is InChI=1S/C20H27ClN4O6S/c21-15-11-16-17(31-13-19(26)23-16)12-18(15)32(28,29)25-4-1-14(2-5-25)20(27)22-3-6-24-7-9-30-10-8-24/h11-12,14H,1-10,13H2,(H,22,27)(H,23,26). The highest BCUT2D eigenvalue weighted by atomic mass is 35.5. The maximum Gasteiger partial charge on any atom is 0.262 e. The normalized spacial score (nSPS) is 20.8. The Morgan fingerprint density at radius 3 is 2.62 bits per heavy atom. The largest absolute Gasteiger partial charge is 0.482 e. The number of nitrogens with zero attached hydrogens (tertiary/aromatic N) is 2. The van der Waals surface area contributed by atoms with Crippen LogP contribution >= 0.6 is 11.6 Å². The van der Waals surface area contributed by atoms with Crippen molar-refractivity contribution in [1.82, 2.24) is 14.5 Å². The van der Waals surface area contributed by atoms with Crippen molar-refractivity contribution in [2.75, 3.05) is 64.4 Å². The van der Waals surface area contributed by atoms with Gasteiger partial charge in [-0.2, -0.15) is 4.31 Å². The molecule has 3 aliphatic rings. The smallest absolute Gasteiger partial charge is 0.262 e. The van der Waals surface area contributed by atoms with Crippen molar-refractivity contribution < 1.29 is 27.5 Å². The van der Waals surface area contributed by atoms with Gasteiger partial charge in [0.05, 0.1) is 23.9 Å². The Hall–Kier alpha value is -1.92. The molecule has 176 valence electrons. The third-order valence-corrected chi connectivity index (χ3v) is 8.30. The summed E-state index contributed by atoms with van der Waals surface area (Å²) < 4.78 is 38.3. The van der Waals surface area contributed by atoms with E-state index in [4.69, 9.17) is 21.1 Å². The zero-order valence-corrected chi connectivity index (χ0v) is 19.2. The summed E-state index contributed by atoms with van der Waals surface area (Å²) in [5, 5.41) is 5.59.